The highest BCUT2D eigenvalue weighted by molar-refractivity contribution is 5.95. The van der Waals surface area contributed by atoms with Gasteiger partial charge in [-0.15, -0.1) is 0 Å². The van der Waals surface area contributed by atoms with E-state index >= 15 is 0 Å². The van der Waals surface area contributed by atoms with Crippen molar-refractivity contribution in [2.75, 3.05) is 38.2 Å². The van der Waals surface area contributed by atoms with Gasteiger partial charge in [-0.2, -0.15) is 5.26 Å². The average molecular weight is 457 g/mol. The number of likely N-dealkylation sites (tertiary alicyclic amines) is 1. The van der Waals surface area contributed by atoms with Gasteiger partial charge in [0.05, 0.1) is 35.5 Å². The van der Waals surface area contributed by atoms with Crippen molar-refractivity contribution in [3.05, 3.63) is 59.8 Å². The van der Waals surface area contributed by atoms with E-state index in [4.69, 9.17) is 9.47 Å². The molecule has 3 heterocycles. The normalized spacial score (nSPS) is 23.9. The van der Waals surface area contributed by atoms with E-state index in [1.54, 1.807) is 24.4 Å². The summed E-state index contributed by atoms with van der Waals surface area (Å²) in [5.74, 6) is 2.87. The summed E-state index contributed by atoms with van der Waals surface area (Å²) in [6.07, 6.45) is 1.10. The number of aliphatic hydroxyl groups is 1. The molecule has 0 spiro atoms. The van der Waals surface area contributed by atoms with Crippen LogP contribution in [-0.4, -0.2) is 53.7 Å². The van der Waals surface area contributed by atoms with Gasteiger partial charge in [0, 0.05) is 37.1 Å². The Morgan fingerprint density at radius 2 is 2.09 bits per heavy atom. The quantitative estimate of drug-likeness (QED) is 0.587. The third-order valence-electron chi connectivity index (χ3n) is 7.16. The molecule has 1 amide bonds. The van der Waals surface area contributed by atoms with Crippen molar-refractivity contribution in [3.8, 4) is 17.6 Å². The number of amides is 1. The van der Waals surface area contributed by atoms with Gasteiger partial charge in [-0.05, 0) is 53.8 Å². The molecule has 8 nitrogen and oxygen atoms in total. The van der Waals surface area contributed by atoms with Gasteiger partial charge >= 0.3 is 0 Å². The lowest BCUT2D eigenvalue weighted by Gasteiger charge is -2.24. The smallest absolute Gasteiger partial charge is 0.262 e. The number of hydrogen-bond acceptors (Lipinski definition) is 7. The summed E-state index contributed by atoms with van der Waals surface area (Å²) in [4.78, 5) is 18.2. The Morgan fingerprint density at radius 1 is 1.24 bits per heavy atom. The van der Waals surface area contributed by atoms with Gasteiger partial charge in [-0.3, -0.25) is 14.7 Å². The summed E-state index contributed by atoms with van der Waals surface area (Å²) in [7, 11) is 0. The lowest BCUT2D eigenvalue weighted by molar-refractivity contribution is -0.118. The van der Waals surface area contributed by atoms with Crippen molar-refractivity contribution in [1.29, 1.82) is 5.26 Å². The molecule has 2 fully saturated rings. The molecule has 1 aliphatic carbocycles. The molecular weight excluding hydrogens is 432 g/mol. The molecule has 8 heteroatoms. The number of anilines is 1. The summed E-state index contributed by atoms with van der Waals surface area (Å²) in [5, 5.41) is 23.6. The molecule has 2 N–H and O–H groups in total. The van der Waals surface area contributed by atoms with Gasteiger partial charge in [0.2, 0.25) is 0 Å². The van der Waals surface area contributed by atoms with Crippen molar-refractivity contribution < 1.29 is 19.4 Å². The first-order valence-corrected chi connectivity index (χ1v) is 11.5. The Balaban J connectivity index is 1.04. The number of carbonyl (C=O) groups is 1. The van der Waals surface area contributed by atoms with E-state index < -0.39 is 6.10 Å². The van der Waals surface area contributed by atoms with Crippen molar-refractivity contribution >= 4 is 22.5 Å². The highest BCUT2D eigenvalue weighted by Crippen LogP contribution is 2.52. The molecular formula is C26H24N4O4. The lowest BCUT2D eigenvalue weighted by atomic mass is 10.1. The molecule has 4 atom stereocenters. The number of piperidine rings is 1. The first-order valence-electron chi connectivity index (χ1n) is 11.5. The number of nitrogens with one attached hydrogen (secondary N) is 1. The summed E-state index contributed by atoms with van der Waals surface area (Å²) in [6, 6.07) is 14.9. The molecule has 0 radical (unpaired) electrons. The van der Waals surface area contributed by atoms with Crippen LogP contribution in [0.25, 0.3) is 10.9 Å². The summed E-state index contributed by atoms with van der Waals surface area (Å²) >= 11 is 0. The fourth-order valence-corrected chi connectivity index (χ4v) is 5.29. The Labute approximate surface area is 196 Å². The minimum absolute atomic E-state index is 0.0224. The van der Waals surface area contributed by atoms with Gasteiger partial charge < -0.3 is 19.9 Å². The van der Waals surface area contributed by atoms with Crippen LogP contribution in [0.5, 0.6) is 11.5 Å². The molecule has 2 aliphatic heterocycles. The van der Waals surface area contributed by atoms with Crippen molar-refractivity contribution in [1.82, 2.24) is 9.88 Å². The summed E-state index contributed by atoms with van der Waals surface area (Å²) in [6.45, 7) is 3.10. The van der Waals surface area contributed by atoms with Crippen LogP contribution in [0.1, 0.15) is 17.2 Å². The number of ether oxygens (including phenoxy) is 2. The predicted molar refractivity (Wildman–Crippen MR) is 124 cm³/mol. The molecule has 2 aromatic carbocycles. The second kappa shape index (κ2) is 8.28. The lowest BCUT2D eigenvalue weighted by Crippen LogP contribution is -2.30. The van der Waals surface area contributed by atoms with E-state index in [1.807, 2.05) is 24.3 Å². The van der Waals surface area contributed by atoms with E-state index in [1.165, 1.54) is 0 Å². The molecule has 0 bridgehead atoms. The maximum absolute atomic E-state index is 11.6. The van der Waals surface area contributed by atoms with Gasteiger partial charge in [-0.25, -0.2) is 0 Å². The number of hydrogen-bond donors (Lipinski definition) is 2. The number of pyridine rings is 1. The number of aromatic nitrogens is 1. The number of β-amino-alcohol motifs (C(OH)–C–C–N with tert-alkyl or cyclic N) is 1. The predicted octanol–water partition coefficient (Wildman–Crippen LogP) is 2.73. The average Bonchev–Trinajstić information content (AvgIpc) is 3.31. The van der Waals surface area contributed by atoms with Crippen molar-refractivity contribution in [3.63, 3.8) is 0 Å². The molecule has 172 valence electrons. The molecule has 1 aromatic heterocycles. The van der Waals surface area contributed by atoms with Crippen LogP contribution < -0.4 is 14.8 Å². The van der Waals surface area contributed by atoms with Crippen LogP contribution in [0.4, 0.5) is 5.69 Å². The second-order valence-corrected chi connectivity index (χ2v) is 9.28. The zero-order valence-corrected chi connectivity index (χ0v) is 18.5. The van der Waals surface area contributed by atoms with E-state index in [-0.39, 0.29) is 12.5 Å². The number of carbonyl (C=O) groups excluding carboxylic acids is 1. The third-order valence-corrected chi connectivity index (χ3v) is 7.16. The van der Waals surface area contributed by atoms with E-state index in [0.717, 1.165) is 35.3 Å². The summed E-state index contributed by atoms with van der Waals surface area (Å²) in [5.41, 5.74) is 2.80. The third kappa shape index (κ3) is 3.83. The van der Waals surface area contributed by atoms with Gasteiger partial charge in [-0.1, -0.05) is 6.07 Å². The van der Waals surface area contributed by atoms with Crippen LogP contribution in [0.3, 0.4) is 0 Å². The van der Waals surface area contributed by atoms with E-state index in [0.29, 0.717) is 47.9 Å². The van der Waals surface area contributed by atoms with Crippen LogP contribution >= 0.6 is 0 Å². The molecule has 1 saturated carbocycles. The highest BCUT2D eigenvalue weighted by Gasteiger charge is 2.55. The van der Waals surface area contributed by atoms with Gasteiger partial charge in [0.15, 0.2) is 6.61 Å². The minimum atomic E-state index is -0.631. The molecule has 6 rings (SSSR count). The topological polar surface area (TPSA) is 108 Å². The Kier molecular flexibility index (Phi) is 5.09. The van der Waals surface area contributed by atoms with Crippen LogP contribution in [0.15, 0.2) is 48.7 Å². The zero-order chi connectivity index (χ0) is 23.2. The molecule has 3 aliphatic rings. The highest BCUT2D eigenvalue weighted by atomic mass is 16.5. The first kappa shape index (κ1) is 20.9. The number of rotatable bonds is 6. The molecule has 2 unspecified atom stereocenters. The first-order chi connectivity index (χ1) is 16.6. The molecule has 34 heavy (non-hydrogen) atoms. The SMILES string of the molecule is N#Cc1ccc2nccc(OCC3[C@H]4CN(CC(O)c5ccc6c(c5)NC(=O)CO6)C[C@@H]34)c2c1. The monoisotopic (exact) mass is 456 g/mol. The summed E-state index contributed by atoms with van der Waals surface area (Å²) < 4.78 is 11.6. The maximum atomic E-state index is 11.6. The van der Waals surface area contributed by atoms with Crippen LogP contribution in [0, 0.1) is 29.1 Å². The Hall–Kier alpha value is -3.67. The number of fused-ring (bicyclic) bond motifs is 3. The Bertz CT molecular complexity index is 1310. The van der Waals surface area contributed by atoms with E-state index in [9.17, 15) is 15.2 Å². The standard InChI is InChI=1S/C26H24N4O4/c27-9-15-1-3-21-17(7-15)24(5-6-28-21)33-13-20-18-10-30(11-19(18)20)12-23(31)16-2-4-25-22(8-16)29-26(32)14-34-25/h1-8,18-20,23,31H,10-14H2,(H,29,32)/t18-,19+,20?,23?. The fraction of sp³-hybridized carbons (Fsp3) is 0.346. The largest absolute Gasteiger partial charge is 0.493 e. The van der Waals surface area contributed by atoms with Crippen LogP contribution in [-0.2, 0) is 4.79 Å². The molecule has 1 saturated heterocycles. The van der Waals surface area contributed by atoms with Crippen molar-refractivity contribution in [2.24, 2.45) is 17.8 Å². The minimum Gasteiger partial charge on any atom is -0.493 e. The van der Waals surface area contributed by atoms with Crippen LogP contribution in [0.2, 0.25) is 0 Å². The molecule has 3 aromatic rings. The zero-order valence-electron chi connectivity index (χ0n) is 18.5. The van der Waals surface area contributed by atoms with Gasteiger partial charge in [0.1, 0.15) is 11.5 Å². The fourth-order valence-electron chi connectivity index (χ4n) is 5.29. The number of nitriles is 1. The number of benzene rings is 2. The number of nitrogens with zero attached hydrogens (tertiary/aromatic N) is 3. The number of aliphatic hydroxyl groups excluding tert-OH is 1. The Morgan fingerprint density at radius 3 is 2.91 bits per heavy atom. The van der Waals surface area contributed by atoms with E-state index in [2.05, 4.69) is 21.3 Å². The van der Waals surface area contributed by atoms with Gasteiger partial charge in [0.25, 0.3) is 5.91 Å². The second-order valence-electron chi connectivity index (χ2n) is 9.28. The maximum Gasteiger partial charge on any atom is 0.262 e. The van der Waals surface area contributed by atoms with Crippen molar-refractivity contribution in [2.45, 2.75) is 6.10 Å².